The van der Waals surface area contributed by atoms with Gasteiger partial charge in [0.15, 0.2) is 0 Å². The van der Waals surface area contributed by atoms with Crippen LogP contribution in [0.2, 0.25) is 0 Å². The van der Waals surface area contributed by atoms with E-state index in [0.29, 0.717) is 17.1 Å². The highest BCUT2D eigenvalue weighted by Crippen LogP contribution is 2.27. The predicted octanol–water partition coefficient (Wildman–Crippen LogP) is 2.61. The third-order valence-electron chi connectivity index (χ3n) is 2.47. The molecule has 0 bridgehead atoms. The number of anilines is 1. The van der Waals surface area contributed by atoms with E-state index >= 15 is 0 Å². The molecule has 2 heterocycles. The lowest BCUT2D eigenvalue weighted by Gasteiger charge is -1.96. The zero-order chi connectivity index (χ0) is 11.8. The quantitative estimate of drug-likeness (QED) is 0.696. The van der Waals surface area contributed by atoms with E-state index in [1.807, 2.05) is 0 Å². The average molecular weight is 229 g/mol. The van der Waals surface area contributed by atoms with Crippen LogP contribution in [0.4, 0.5) is 10.1 Å². The molecule has 0 aliphatic heterocycles. The highest BCUT2D eigenvalue weighted by Gasteiger charge is 2.11. The number of benzene rings is 1. The van der Waals surface area contributed by atoms with E-state index in [9.17, 15) is 4.39 Å². The second kappa shape index (κ2) is 3.55. The number of aromatic nitrogens is 2. The van der Waals surface area contributed by atoms with Crippen LogP contribution in [0.15, 0.2) is 41.1 Å². The van der Waals surface area contributed by atoms with Gasteiger partial charge in [-0.3, -0.25) is 0 Å². The van der Waals surface area contributed by atoms with Gasteiger partial charge in [-0.15, -0.1) is 0 Å². The maximum Gasteiger partial charge on any atom is 0.258 e. The molecule has 0 spiro atoms. The van der Waals surface area contributed by atoms with Crippen LogP contribution in [0.5, 0.6) is 0 Å². The molecule has 0 aliphatic rings. The lowest BCUT2D eigenvalue weighted by atomic mass is 10.1. The Morgan fingerprint density at radius 3 is 2.71 bits per heavy atom. The Labute approximate surface area is 95.9 Å². The van der Waals surface area contributed by atoms with E-state index in [1.54, 1.807) is 18.2 Å². The molecule has 0 radical (unpaired) electrons. The first-order valence-electron chi connectivity index (χ1n) is 5.01. The molecule has 0 fully saturated rings. The number of nitrogen functional groups attached to an aromatic ring is 1. The largest absolute Gasteiger partial charge is 0.397 e. The van der Waals surface area contributed by atoms with Crippen molar-refractivity contribution in [2.45, 2.75) is 0 Å². The van der Waals surface area contributed by atoms with Crippen LogP contribution in [-0.4, -0.2) is 10.1 Å². The molecule has 1 aromatic carbocycles. The zero-order valence-corrected chi connectivity index (χ0v) is 8.72. The zero-order valence-electron chi connectivity index (χ0n) is 8.72. The summed E-state index contributed by atoms with van der Waals surface area (Å²) in [4.78, 5) is 4.02. The van der Waals surface area contributed by atoms with Crippen molar-refractivity contribution in [3.05, 3.63) is 42.3 Å². The van der Waals surface area contributed by atoms with Crippen LogP contribution in [0.25, 0.3) is 22.4 Å². The normalized spacial score (nSPS) is 10.9. The summed E-state index contributed by atoms with van der Waals surface area (Å²) in [6.45, 7) is 0. The van der Waals surface area contributed by atoms with E-state index in [-0.39, 0.29) is 5.82 Å². The molecule has 2 N–H and O–H groups in total. The number of nitrogens with two attached hydrogens (primary N) is 1. The first-order chi connectivity index (χ1) is 8.24. The fourth-order valence-corrected chi connectivity index (χ4v) is 1.66. The highest BCUT2D eigenvalue weighted by molar-refractivity contribution is 5.90. The summed E-state index contributed by atoms with van der Waals surface area (Å²) in [5.74, 6) is -0.292. The van der Waals surface area contributed by atoms with Gasteiger partial charge >= 0.3 is 0 Å². The number of hydrogen-bond acceptors (Lipinski definition) is 4. The lowest BCUT2D eigenvalue weighted by Crippen LogP contribution is -1.86. The van der Waals surface area contributed by atoms with Crippen molar-refractivity contribution in [3.8, 4) is 11.3 Å². The van der Waals surface area contributed by atoms with Crippen molar-refractivity contribution in [2.24, 2.45) is 0 Å². The van der Waals surface area contributed by atoms with Crippen LogP contribution < -0.4 is 5.73 Å². The first kappa shape index (κ1) is 9.77. The van der Waals surface area contributed by atoms with Crippen LogP contribution in [-0.2, 0) is 0 Å². The molecule has 84 valence electrons. The summed E-state index contributed by atoms with van der Waals surface area (Å²) in [5, 5.41) is 4.64. The lowest BCUT2D eigenvalue weighted by molar-refractivity contribution is 0.451. The summed E-state index contributed by atoms with van der Waals surface area (Å²) < 4.78 is 17.9. The van der Waals surface area contributed by atoms with Gasteiger partial charge in [0.2, 0.25) is 0 Å². The molecule has 0 saturated carbocycles. The minimum absolute atomic E-state index is 0.292. The predicted molar refractivity (Wildman–Crippen MR) is 61.6 cm³/mol. The van der Waals surface area contributed by atoms with Crippen molar-refractivity contribution >= 4 is 16.8 Å². The Hall–Kier alpha value is -2.43. The molecular formula is C12H8FN3O. The summed E-state index contributed by atoms with van der Waals surface area (Å²) in [7, 11) is 0. The van der Waals surface area contributed by atoms with Gasteiger partial charge in [0.05, 0.1) is 17.3 Å². The smallest absolute Gasteiger partial charge is 0.258 e. The summed E-state index contributed by atoms with van der Waals surface area (Å²) >= 11 is 0. The number of fused-ring (bicyclic) bond motifs is 1. The van der Waals surface area contributed by atoms with Gasteiger partial charge in [-0.1, -0.05) is 5.16 Å². The fourth-order valence-electron chi connectivity index (χ4n) is 1.66. The molecule has 17 heavy (non-hydrogen) atoms. The number of halogens is 1. The minimum Gasteiger partial charge on any atom is -0.397 e. The third kappa shape index (κ3) is 1.61. The Kier molecular flexibility index (Phi) is 2.04. The van der Waals surface area contributed by atoms with E-state index < -0.39 is 0 Å². The van der Waals surface area contributed by atoms with Crippen molar-refractivity contribution < 1.29 is 8.91 Å². The van der Waals surface area contributed by atoms with E-state index in [1.165, 1.54) is 18.3 Å². The highest BCUT2D eigenvalue weighted by atomic mass is 19.1. The fraction of sp³-hybridized carbons (Fsp3) is 0. The summed E-state index contributed by atoms with van der Waals surface area (Å²) in [6, 6.07) is 7.74. The van der Waals surface area contributed by atoms with Gasteiger partial charge in [-0.2, -0.15) is 0 Å². The maximum absolute atomic E-state index is 12.8. The standard InChI is InChI=1S/C12H8FN3O/c13-8-3-1-7(2-4-8)11-10-5-9(14)6-15-12(10)17-16-11/h1-6H,14H2. The average Bonchev–Trinajstić information content (AvgIpc) is 2.73. The number of pyridine rings is 1. The van der Waals surface area contributed by atoms with Gasteiger partial charge in [0.25, 0.3) is 5.71 Å². The van der Waals surface area contributed by atoms with Crippen LogP contribution in [0.3, 0.4) is 0 Å². The van der Waals surface area contributed by atoms with Crippen LogP contribution >= 0.6 is 0 Å². The minimum atomic E-state index is -0.292. The number of nitrogens with zero attached hydrogens (tertiary/aromatic N) is 2. The Morgan fingerprint density at radius 1 is 1.18 bits per heavy atom. The SMILES string of the molecule is Nc1cnc2onc(-c3ccc(F)cc3)c2c1. The van der Waals surface area contributed by atoms with Gasteiger partial charge < -0.3 is 10.3 Å². The molecule has 5 heteroatoms. The van der Waals surface area contributed by atoms with Crippen molar-refractivity contribution in [3.63, 3.8) is 0 Å². The molecule has 0 unspecified atom stereocenters. The monoisotopic (exact) mass is 229 g/mol. The molecule has 2 aromatic heterocycles. The second-order valence-corrected chi connectivity index (χ2v) is 3.66. The summed E-state index contributed by atoms with van der Waals surface area (Å²) in [5.41, 5.74) is 7.98. The van der Waals surface area contributed by atoms with Crippen molar-refractivity contribution in [1.82, 2.24) is 10.1 Å². The maximum atomic E-state index is 12.8. The van der Waals surface area contributed by atoms with Gasteiger partial charge in [-0.25, -0.2) is 9.37 Å². The molecule has 0 saturated heterocycles. The molecule has 3 rings (SSSR count). The van der Waals surface area contributed by atoms with E-state index in [4.69, 9.17) is 10.3 Å². The van der Waals surface area contributed by atoms with Crippen LogP contribution in [0, 0.1) is 5.82 Å². The molecule has 0 atom stereocenters. The summed E-state index contributed by atoms with van der Waals surface area (Å²) in [6.07, 6.45) is 1.50. The van der Waals surface area contributed by atoms with Crippen molar-refractivity contribution in [2.75, 3.05) is 5.73 Å². The number of rotatable bonds is 1. The first-order valence-corrected chi connectivity index (χ1v) is 5.01. The van der Waals surface area contributed by atoms with Gasteiger partial charge in [-0.05, 0) is 30.3 Å². The van der Waals surface area contributed by atoms with E-state index in [2.05, 4.69) is 10.1 Å². The van der Waals surface area contributed by atoms with Crippen LogP contribution in [0.1, 0.15) is 0 Å². The Bertz CT molecular complexity index is 676. The van der Waals surface area contributed by atoms with E-state index in [0.717, 1.165) is 10.9 Å². The Balaban J connectivity index is 2.23. The molecular weight excluding hydrogens is 221 g/mol. The van der Waals surface area contributed by atoms with Gasteiger partial charge in [0.1, 0.15) is 11.5 Å². The molecule has 3 aromatic rings. The topological polar surface area (TPSA) is 64.9 Å². The third-order valence-corrected chi connectivity index (χ3v) is 2.47. The molecule has 0 amide bonds. The second-order valence-electron chi connectivity index (χ2n) is 3.66. The number of hydrogen-bond donors (Lipinski definition) is 1. The van der Waals surface area contributed by atoms with Gasteiger partial charge in [0, 0.05) is 5.56 Å². The molecule has 4 nitrogen and oxygen atoms in total. The Morgan fingerprint density at radius 2 is 1.94 bits per heavy atom. The molecule has 0 aliphatic carbocycles. The van der Waals surface area contributed by atoms with Crippen molar-refractivity contribution in [1.29, 1.82) is 0 Å².